The van der Waals surface area contributed by atoms with Gasteiger partial charge in [0.2, 0.25) is 5.88 Å². The molecule has 7 nitrogen and oxygen atoms in total. The van der Waals surface area contributed by atoms with Crippen LogP contribution in [0.4, 0.5) is 8.78 Å². The summed E-state index contributed by atoms with van der Waals surface area (Å²) >= 11 is 0. The molecule has 166 valence electrons. The molecule has 1 aliphatic rings. The smallest absolute Gasteiger partial charge is 0.258 e. The number of hydrogen-bond acceptors (Lipinski definition) is 6. The Hall–Kier alpha value is -2.88. The van der Waals surface area contributed by atoms with Crippen molar-refractivity contribution in [3.63, 3.8) is 0 Å². The van der Waals surface area contributed by atoms with E-state index >= 15 is 0 Å². The van der Waals surface area contributed by atoms with Gasteiger partial charge in [-0.3, -0.25) is 4.79 Å². The third-order valence-electron chi connectivity index (χ3n) is 4.76. The van der Waals surface area contributed by atoms with E-state index < -0.39 is 33.4 Å². The van der Waals surface area contributed by atoms with E-state index in [-0.39, 0.29) is 23.1 Å². The first kappa shape index (κ1) is 22.8. The van der Waals surface area contributed by atoms with E-state index in [4.69, 9.17) is 4.74 Å². The van der Waals surface area contributed by atoms with Gasteiger partial charge in [-0.15, -0.1) is 0 Å². The van der Waals surface area contributed by atoms with Crippen molar-refractivity contribution in [2.24, 2.45) is 0 Å². The van der Waals surface area contributed by atoms with Gasteiger partial charge in [0.25, 0.3) is 5.91 Å². The SMILES string of the molecule is C[C@@H](/C=C/S(C)(=O)=O)NC(=O)c1cnc(C2CCCC2)nc1Oc1cc(F)cc(F)c1. The van der Waals surface area contributed by atoms with Crippen molar-refractivity contribution >= 4 is 15.7 Å². The van der Waals surface area contributed by atoms with Gasteiger partial charge in [0.15, 0.2) is 9.84 Å². The maximum Gasteiger partial charge on any atom is 0.258 e. The van der Waals surface area contributed by atoms with E-state index in [1.165, 1.54) is 12.3 Å². The Labute approximate surface area is 179 Å². The highest BCUT2D eigenvalue weighted by molar-refractivity contribution is 7.93. The monoisotopic (exact) mass is 451 g/mol. The van der Waals surface area contributed by atoms with Gasteiger partial charge < -0.3 is 10.1 Å². The summed E-state index contributed by atoms with van der Waals surface area (Å²) < 4.78 is 55.3. The first-order chi connectivity index (χ1) is 14.6. The van der Waals surface area contributed by atoms with Crippen LogP contribution in [0.2, 0.25) is 0 Å². The molecule has 0 spiro atoms. The zero-order chi connectivity index (χ0) is 22.6. The third kappa shape index (κ3) is 6.55. The normalized spacial score (nSPS) is 15.9. The van der Waals surface area contributed by atoms with Crippen molar-refractivity contribution in [2.75, 3.05) is 6.26 Å². The van der Waals surface area contributed by atoms with Gasteiger partial charge in [0.1, 0.15) is 28.8 Å². The molecule has 1 atom stereocenters. The number of nitrogens with one attached hydrogen (secondary N) is 1. The predicted octanol–water partition coefficient (Wildman–Crippen LogP) is 3.88. The average molecular weight is 451 g/mol. The van der Waals surface area contributed by atoms with Crippen LogP contribution in [0.25, 0.3) is 0 Å². The maximum absolute atomic E-state index is 13.6. The van der Waals surface area contributed by atoms with Crippen molar-refractivity contribution in [1.29, 1.82) is 0 Å². The minimum Gasteiger partial charge on any atom is -0.438 e. The van der Waals surface area contributed by atoms with Crippen LogP contribution in [0, 0.1) is 11.6 Å². The van der Waals surface area contributed by atoms with E-state index in [1.807, 2.05) is 0 Å². The molecule has 1 fully saturated rings. The summed E-state index contributed by atoms with van der Waals surface area (Å²) in [5, 5.41) is 3.60. The molecule has 0 radical (unpaired) electrons. The molecular weight excluding hydrogens is 428 g/mol. The number of benzene rings is 1. The molecule has 0 aliphatic heterocycles. The van der Waals surface area contributed by atoms with Crippen LogP contribution in [0.3, 0.4) is 0 Å². The molecule has 0 unspecified atom stereocenters. The number of halogens is 2. The predicted molar refractivity (Wildman–Crippen MR) is 111 cm³/mol. The summed E-state index contributed by atoms with van der Waals surface area (Å²) in [4.78, 5) is 21.4. The molecular formula is C21H23F2N3O4S. The number of sulfone groups is 1. The molecule has 1 heterocycles. The lowest BCUT2D eigenvalue weighted by Gasteiger charge is -2.15. The first-order valence-electron chi connectivity index (χ1n) is 9.81. The van der Waals surface area contributed by atoms with E-state index in [0.717, 1.165) is 49.5 Å². The van der Waals surface area contributed by atoms with Crippen molar-refractivity contribution < 1.29 is 26.7 Å². The number of aromatic nitrogens is 2. The molecule has 31 heavy (non-hydrogen) atoms. The van der Waals surface area contributed by atoms with Crippen LogP contribution >= 0.6 is 0 Å². The molecule has 0 bridgehead atoms. The van der Waals surface area contributed by atoms with Crippen LogP contribution in [-0.2, 0) is 9.84 Å². The van der Waals surface area contributed by atoms with E-state index in [9.17, 15) is 22.0 Å². The Morgan fingerprint density at radius 1 is 1.23 bits per heavy atom. The molecule has 1 aromatic carbocycles. The molecule has 1 aromatic heterocycles. The van der Waals surface area contributed by atoms with Gasteiger partial charge in [0.05, 0.1) is 0 Å². The van der Waals surface area contributed by atoms with Gasteiger partial charge in [-0.1, -0.05) is 18.9 Å². The van der Waals surface area contributed by atoms with Gasteiger partial charge in [-0.25, -0.2) is 22.2 Å². The zero-order valence-corrected chi connectivity index (χ0v) is 18.0. The number of rotatable bonds is 7. The average Bonchev–Trinajstić information content (AvgIpc) is 3.19. The Bertz CT molecular complexity index is 1080. The van der Waals surface area contributed by atoms with Gasteiger partial charge >= 0.3 is 0 Å². The van der Waals surface area contributed by atoms with Crippen molar-refractivity contribution in [3.05, 3.63) is 58.9 Å². The number of carbonyl (C=O) groups is 1. The van der Waals surface area contributed by atoms with Gasteiger partial charge in [0, 0.05) is 48.0 Å². The van der Waals surface area contributed by atoms with Crippen LogP contribution in [-0.4, -0.2) is 36.6 Å². The standard InChI is InChI=1S/C21H23F2N3O4S/c1-13(7-8-31(2,28)29)25-20(27)18-12-24-19(14-5-3-4-6-14)26-21(18)30-17-10-15(22)9-16(23)11-17/h7-14H,3-6H2,1-2H3,(H,25,27)/b8-7+/t13-/m0/s1. The minimum absolute atomic E-state index is 0.0361. The van der Waals surface area contributed by atoms with E-state index in [0.29, 0.717) is 11.9 Å². The summed E-state index contributed by atoms with van der Waals surface area (Å²) in [5.74, 6) is -1.91. The fraction of sp³-hybridized carbons (Fsp3) is 0.381. The molecule has 1 amide bonds. The Balaban J connectivity index is 1.90. The van der Waals surface area contributed by atoms with E-state index in [1.54, 1.807) is 6.92 Å². The highest BCUT2D eigenvalue weighted by atomic mass is 32.2. The molecule has 2 aromatic rings. The van der Waals surface area contributed by atoms with Crippen LogP contribution in [0.15, 0.2) is 35.9 Å². The topological polar surface area (TPSA) is 98.2 Å². The number of hydrogen-bond donors (Lipinski definition) is 1. The summed E-state index contributed by atoms with van der Waals surface area (Å²) in [5.41, 5.74) is -0.0361. The fourth-order valence-corrected chi connectivity index (χ4v) is 3.81. The first-order valence-corrected chi connectivity index (χ1v) is 11.8. The Morgan fingerprint density at radius 3 is 2.48 bits per heavy atom. The Morgan fingerprint density at radius 2 is 1.87 bits per heavy atom. The lowest BCUT2D eigenvalue weighted by molar-refractivity contribution is 0.0943. The van der Waals surface area contributed by atoms with Crippen LogP contribution < -0.4 is 10.1 Å². The zero-order valence-electron chi connectivity index (χ0n) is 17.1. The van der Waals surface area contributed by atoms with Crippen molar-refractivity contribution in [3.8, 4) is 11.6 Å². The van der Waals surface area contributed by atoms with Crippen molar-refractivity contribution in [2.45, 2.75) is 44.6 Å². The second-order valence-electron chi connectivity index (χ2n) is 7.56. The highest BCUT2D eigenvalue weighted by Crippen LogP contribution is 2.34. The molecule has 1 saturated carbocycles. The molecule has 10 heteroatoms. The largest absolute Gasteiger partial charge is 0.438 e. The van der Waals surface area contributed by atoms with Crippen LogP contribution in [0.5, 0.6) is 11.6 Å². The lowest BCUT2D eigenvalue weighted by Crippen LogP contribution is -2.31. The maximum atomic E-state index is 13.6. The third-order valence-corrected chi connectivity index (χ3v) is 5.41. The van der Waals surface area contributed by atoms with Crippen molar-refractivity contribution in [1.82, 2.24) is 15.3 Å². The van der Waals surface area contributed by atoms with Gasteiger partial charge in [-0.05, 0) is 19.8 Å². The summed E-state index contributed by atoms with van der Waals surface area (Å²) in [6.07, 6.45) is 7.59. The quantitative estimate of drug-likeness (QED) is 0.686. The molecule has 3 rings (SSSR count). The highest BCUT2D eigenvalue weighted by Gasteiger charge is 2.24. The Kier molecular flexibility index (Phi) is 6.99. The number of nitrogens with zero attached hydrogens (tertiary/aromatic N) is 2. The van der Waals surface area contributed by atoms with Crippen LogP contribution in [0.1, 0.15) is 54.7 Å². The number of carbonyl (C=O) groups excluding carboxylic acids is 1. The number of ether oxygens (including phenoxy) is 1. The second-order valence-corrected chi connectivity index (χ2v) is 9.49. The summed E-state index contributed by atoms with van der Waals surface area (Å²) in [6.45, 7) is 1.59. The summed E-state index contributed by atoms with van der Waals surface area (Å²) in [7, 11) is -3.34. The molecule has 0 saturated heterocycles. The second kappa shape index (κ2) is 9.51. The molecule has 1 N–H and O–H groups in total. The minimum atomic E-state index is -3.34. The van der Waals surface area contributed by atoms with Gasteiger partial charge in [-0.2, -0.15) is 4.98 Å². The molecule has 1 aliphatic carbocycles. The number of amides is 1. The lowest BCUT2D eigenvalue weighted by atomic mass is 10.1. The fourth-order valence-electron chi connectivity index (χ4n) is 3.29. The van der Waals surface area contributed by atoms with E-state index in [2.05, 4.69) is 15.3 Å². The summed E-state index contributed by atoms with van der Waals surface area (Å²) in [6, 6.07) is 2.07.